The molecule has 7 nitrogen and oxygen atoms in total. The molecule has 0 unspecified atom stereocenters. The Balaban J connectivity index is 1.92. The van der Waals surface area contributed by atoms with Crippen LogP contribution in [0, 0.1) is 12.8 Å². The summed E-state index contributed by atoms with van der Waals surface area (Å²) in [6.07, 6.45) is 1.71. The van der Waals surface area contributed by atoms with Crippen LogP contribution in [0.5, 0.6) is 0 Å². The fourth-order valence-electron chi connectivity index (χ4n) is 2.73. The molecule has 0 spiro atoms. The first-order valence-electron chi connectivity index (χ1n) is 8.05. The SMILES string of the molecule is CCc1nc(C)c(C(=O)N(C)CC(=O)N2CCC(C(=O)O)CC2)s1. The Morgan fingerprint density at radius 1 is 1.33 bits per heavy atom. The third kappa shape index (κ3) is 4.11. The lowest BCUT2D eigenvalue weighted by Gasteiger charge is -2.31. The number of amides is 2. The van der Waals surface area contributed by atoms with Gasteiger partial charge in [-0.15, -0.1) is 11.3 Å². The van der Waals surface area contributed by atoms with E-state index in [1.165, 1.54) is 16.2 Å². The molecule has 0 aliphatic carbocycles. The smallest absolute Gasteiger partial charge is 0.306 e. The quantitative estimate of drug-likeness (QED) is 0.864. The van der Waals surface area contributed by atoms with Crippen LogP contribution in [0.1, 0.15) is 40.1 Å². The lowest BCUT2D eigenvalue weighted by molar-refractivity contribution is -0.145. The molecule has 1 N–H and O–H groups in total. The number of carboxylic acid groups (broad SMARTS) is 1. The zero-order valence-corrected chi connectivity index (χ0v) is 15.1. The van der Waals surface area contributed by atoms with E-state index in [1.807, 2.05) is 6.92 Å². The zero-order chi connectivity index (χ0) is 17.9. The van der Waals surface area contributed by atoms with Gasteiger partial charge < -0.3 is 14.9 Å². The van der Waals surface area contributed by atoms with Crippen molar-refractivity contribution in [1.29, 1.82) is 0 Å². The minimum atomic E-state index is -0.804. The Morgan fingerprint density at radius 2 is 1.96 bits per heavy atom. The maximum absolute atomic E-state index is 12.5. The summed E-state index contributed by atoms with van der Waals surface area (Å²) < 4.78 is 0. The minimum absolute atomic E-state index is 0.00459. The van der Waals surface area contributed by atoms with Crippen LogP contribution < -0.4 is 0 Å². The monoisotopic (exact) mass is 353 g/mol. The summed E-state index contributed by atoms with van der Waals surface area (Å²) in [5.74, 6) is -1.52. The Hall–Kier alpha value is -1.96. The molecule has 1 aromatic heterocycles. The highest BCUT2D eigenvalue weighted by atomic mass is 32.1. The normalized spacial score (nSPS) is 15.4. The molecular formula is C16H23N3O4S. The van der Waals surface area contributed by atoms with E-state index < -0.39 is 5.97 Å². The van der Waals surface area contributed by atoms with Gasteiger partial charge in [-0.1, -0.05) is 6.92 Å². The van der Waals surface area contributed by atoms with Gasteiger partial charge in [0.2, 0.25) is 5.91 Å². The highest BCUT2D eigenvalue weighted by Crippen LogP contribution is 2.21. The van der Waals surface area contributed by atoms with Crippen LogP contribution >= 0.6 is 11.3 Å². The molecule has 1 aliphatic heterocycles. The molecule has 2 heterocycles. The average Bonchev–Trinajstić information content (AvgIpc) is 2.95. The number of carboxylic acids is 1. The number of aromatic nitrogens is 1. The van der Waals surface area contributed by atoms with Gasteiger partial charge >= 0.3 is 5.97 Å². The third-order valence-electron chi connectivity index (χ3n) is 4.25. The molecule has 0 bridgehead atoms. The van der Waals surface area contributed by atoms with Crippen molar-refractivity contribution in [3.05, 3.63) is 15.6 Å². The molecular weight excluding hydrogens is 330 g/mol. The Bertz CT molecular complexity index is 635. The van der Waals surface area contributed by atoms with Crippen LogP contribution in [0.4, 0.5) is 0 Å². The molecule has 1 fully saturated rings. The predicted octanol–water partition coefficient (Wildman–Crippen LogP) is 1.41. The number of likely N-dealkylation sites (tertiary alicyclic amines) is 1. The van der Waals surface area contributed by atoms with Gasteiger partial charge in [-0.3, -0.25) is 14.4 Å². The van der Waals surface area contributed by atoms with Gasteiger partial charge in [-0.2, -0.15) is 0 Å². The Morgan fingerprint density at radius 3 is 2.46 bits per heavy atom. The molecule has 1 aliphatic rings. The van der Waals surface area contributed by atoms with Crippen LogP contribution in [0.25, 0.3) is 0 Å². The summed E-state index contributed by atoms with van der Waals surface area (Å²) in [5, 5.41) is 9.90. The lowest BCUT2D eigenvalue weighted by Crippen LogP contribution is -2.45. The van der Waals surface area contributed by atoms with Crippen molar-refractivity contribution in [3.63, 3.8) is 0 Å². The minimum Gasteiger partial charge on any atom is -0.481 e. The molecule has 0 radical (unpaired) electrons. The number of aryl methyl sites for hydroxylation is 2. The van der Waals surface area contributed by atoms with Crippen molar-refractivity contribution in [3.8, 4) is 0 Å². The first-order valence-corrected chi connectivity index (χ1v) is 8.87. The van der Waals surface area contributed by atoms with Gasteiger partial charge in [0.25, 0.3) is 5.91 Å². The van der Waals surface area contributed by atoms with Crippen molar-refractivity contribution in [1.82, 2.24) is 14.8 Å². The van der Waals surface area contributed by atoms with Crippen LogP contribution in [0.15, 0.2) is 0 Å². The number of piperidine rings is 1. The number of thiazole rings is 1. The molecule has 8 heteroatoms. The van der Waals surface area contributed by atoms with Crippen molar-refractivity contribution in [2.75, 3.05) is 26.7 Å². The second kappa shape index (κ2) is 7.74. The van der Waals surface area contributed by atoms with Gasteiger partial charge in [0.05, 0.1) is 23.2 Å². The number of carbonyl (C=O) groups excluding carboxylic acids is 2. The van der Waals surface area contributed by atoms with Gasteiger partial charge in [0.1, 0.15) is 4.88 Å². The number of nitrogens with zero attached hydrogens (tertiary/aromatic N) is 3. The number of hydrogen-bond acceptors (Lipinski definition) is 5. The highest BCUT2D eigenvalue weighted by Gasteiger charge is 2.28. The standard InChI is InChI=1S/C16H23N3O4S/c1-4-12-17-10(2)14(24-12)15(21)18(3)9-13(20)19-7-5-11(6-8-19)16(22)23/h11H,4-9H2,1-3H3,(H,22,23). The number of likely N-dealkylation sites (N-methyl/N-ethyl adjacent to an activating group) is 1. The molecule has 0 aromatic carbocycles. The number of rotatable bonds is 5. The van der Waals surface area contributed by atoms with Gasteiger partial charge in [-0.05, 0) is 26.2 Å². The summed E-state index contributed by atoms with van der Waals surface area (Å²) in [5.41, 5.74) is 0.698. The van der Waals surface area contributed by atoms with Crippen LogP contribution in [-0.4, -0.2) is 64.4 Å². The van der Waals surface area contributed by atoms with E-state index in [1.54, 1.807) is 18.9 Å². The van der Waals surface area contributed by atoms with E-state index in [2.05, 4.69) is 4.98 Å². The second-order valence-corrected chi connectivity index (χ2v) is 7.11. The average molecular weight is 353 g/mol. The van der Waals surface area contributed by atoms with Crippen LogP contribution in [0.2, 0.25) is 0 Å². The van der Waals surface area contributed by atoms with Crippen LogP contribution in [0.3, 0.4) is 0 Å². The summed E-state index contributed by atoms with van der Waals surface area (Å²) in [6.45, 7) is 4.64. The third-order valence-corrected chi connectivity index (χ3v) is 5.54. The Kier molecular flexibility index (Phi) is 5.93. The molecule has 132 valence electrons. The Labute approximate surface area is 145 Å². The molecule has 1 aromatic rings. The molecule has 2 rings (SSSR count). The maximum atomic E-state index is 12.5. The largest absolute Gasteiger partial charge is 0.481 e. The van der Waals surface area contributed by atoms with Gasteiger partial charge in [0.15, 0.2) is 0 Å². The van der Waals surface area contributed by atoms with Crippen molar-refractivity contribution in [2.45, 2.75) is 33.1 Å². The summed E-state index contributed by atoms with van der Waals surface area (Å²) in [6, 6.07) is 0. The number of carbonyl (C=O) groups is 3. The van der Waals surface area contributed by atoms with E-state index in [-0.39, 0.29) is 24.3 Å². The fraction of sp³-hybridized carbons (Fsp3) is 0.625. The number of aliphatic carboxylic acids is 1. The molecule has 24 heavy (non-hydrogen) atoms. The molecule has 0 saturated carbocycles. The lowest BCUT2D eigenvalue weighted by atomic mass is 9.97. The summed E-state index contributed by atoms with van der Waals surface area (Å²) >= 11 is 1.37. The van der Waals surface area contributed by atoms with Gasteiger partial charge in [-0.25, -0.2) is 4.98 Å². The van der Waals surface area contributed by atoms with E-state index in [0.717, 1.165) is 11.4 Å². The summed E-state index contributed by atoms with van der Waals surface area (Å²) in [4.78, 5) is 43.8. The number of hydrogen-bond donors (Lipinski definition) is 1. The second-order valence-electron chi connectivity index (χ2n) is 6.03. The van der Waals surface area contributed by atoms with Gasteiger partial charge in [0, 0.05) is 20.1 Å². The fourth-order valence-corrected chi connectivity index (χ4v) is 3.72. The van der Waals surface area contributed by atoms with Crippen molar-refractivity contribution < 1.29 is 19.5 Å². The van der Waals surface area contributed by atoms with E-state index in [4.69, 9.17) is 5.11 Å². The topological polar surface area (TPSA) is 90.8 Å². The van der Waals surface area contributed by atoms with E-state index >= 15 is 0 Å². The molecule has 0 atom stereocenters. The highest BCUT2D eigenvalue weighted by molar-refractivity contribution is 7.13. The van der Waals surface area contributed by atoms with E-state index in [0.29, 0.717) is 36.5 Å². The predicted molar refractivity (Wildman–Crippen MR) is 90.1 cm³/mol. The van der Waals surface area contributed by atoms with Crippen molar-refractivity contribution >= 4 is 29.1 Å². The first kappa shape index (κ1) is 18.4. The molecule has 1 saturated heterocycles. The van der Waals surface area contributed by atoms with E-state index in [9.17, 15) is 14.4 Å². The summed E-state index contributed by atoms with van der Waals surface area (Å²) in [7, 11) is 1.61. The van der Waals surface area contributed by atoms with Crippen molar-refractivity contribution in [2.24, 2.45) is 5.92 Å². The zero-order valence-electron chi connectivity index (χ0n) is 14.2. The maximum Gasteiger partial charge on any atom is 0.306 e. The van der Waals surface area contributed by atoms with Crippen LogP contribution in [-0.2, 0) is 16.0 Å². The first-order chi connectivity index (χ1) is 11.3. The molecule has 2 amide bonds.